The molecular weight excluding hydrogens is 324 g/mol. The van der Waals surface area contributed by atoms with Crippen LogP contribution in [0.25, 0.3) is 0 Å². The van der Waals surface area contributed by atoms with Gasteiger partial charge in [0.25, 0.3) is 0 Å². The van der Waals surface area contributed by atoms with Gasteiger partial charge in [-0.1, -0.05) is 12.8 Å². The second kappa shape index (κ2) is 6.86. The molecule has 1 aromatic heterocycles. The summed E-state index contributed by atoms with van der Waals surface area (Å²) in [4.78, 5) is 14.4. The van der Waals surface area contributed by atoms with Gasteiger partial charge in [0, 0.05) is 19.5 Å². The number of nitrogens with zero attached hydrogens (tertiary/aromatic N) is 1. The van der Waals surface area contributed by atoms with E-state index in [2.05, 4.69) is 27.4 Å². The molecule has 1 aromatic rings. The molecule has 5 heteroatoms. The summed E-state index contributed by atoms with van der Waals surface area (Å²) < 4.78 is 1.11. The molecule has 1 aliphatic rings. The summed E-state index contributed by atoms with van der Waals surface area (Å²) >= 11 is 5.11. The molecule has 106 valence electrons. The van der Waals surface area contributed by atoms with E-state index in [0.29, 0.717) is 19.0 Å². The van der Waals surface area contributed by atoms with Crippen molar-refractivity contribution in [2.75, 3.05) is 13.6 Å². The summed E-state index contributed by atoms with van der Waals surface area (Å²) in [6.07, 6.45) is 4.47. The molecule has 19 heavy (non-hydrogen) atoms. The summed E-state index contributed by atoms with van der Waals surface area (Å²) in [7, 11) is 1.90. The van der Waals surface area contributed by atoms with Crippen molar-refractivity contribution in [3.8, 4) is 0 Å². The van der Waals surface area contributed by atoms with E-state index in [1.54, 1.807) is 11.3 Å². The molecule has 1 aliphatic carbocycles. The number of halogens is 1. The van der Waals surface area contributed by atoms with Crippen molar-refractivity contribution >= 4 is 33.2 Å². The Morgan fingerprint density at radius 2 is 2.26 bits per heavy atom. The van der Waals surface area contributed by atoms with Gasteiger partial charge >= 0.3 is 0 Å². The molecule has 2 unspecified atom stereocenters. The van der Waals surface area contributed by atoms with Gasteiger partial charge in [-0.15, -0.1) is 11.3 Å². The van der Waals surface area contributed by atoms with E-state index in [9.17, 15) is 4.79 Å². The average Bonchev–Trinajstić information content (AvgIpc) is 2.83. The zero-order valence-corrected chi connectivity index (χ0v) is 13.7. The van der Waals surface area contributed by atoms with Crippen molar-refractivity contribution < 1.29 is 4.79 Å². The number of hydrogen-bond donors (Lipinski definition) is 1. The summed E-state index contributed by atoms with van der Waals surface area (Å²) in [5.41, 5.74) is 7.00. The van der Waals surface area contributed by atoms with Crippen molar-refractivity contribution in [2.45, 2.75) is 32.2 Å². The largest absolute Gasteiger partial charge is 0.341 e. The topological polar surface area (TPSA) is 46.3 Å². The number of rotatable bonds is 4. The van der Waals surface area contributed by atoms with Crippen LogP contribution in [0, 0.1) is 11.8 Å². The molecule has 1 fully saturated rings. The van der Waals surface area contributed by atoms with Gasteiger partial charge in [-0.2, -0.15) is 0 Å². The van der Waals surface area contributed by atoms with Crippen molar-refractivity contribution in [2.24, 2.45) is 17.6 Å². The molecule has 2 rings (SSSR count). The minimum Gasteiger partial charge on any atom is -0.341 e. The minimum absolute atomic E-state index is 0.130. The molecule has 2 atom stereocenters. The van der Waals surface area contributed by atoms with Gasteiger partial charge in [-0.25, -0.2) is 0 Å². The number of thiophene rings is 1. The minimum atomic E-state index is 0.130. The number of amides is 1. The number of carbonyl (C=O) groups is 1. The zero-order chi connectivity index (χ0) is 13.8. The van der Waals surface area contributed by atoms with E-state index < -0.39 is 0 Å². The standard InChI is InChI=1S/C14H21BrN2OS/c1-17(8-10-6-13(15)19-9-10)14(18)12-5-3-2-4-11(12)7-16/h6,9,11-12H,2-5,7-8,16H2,1H3. The fourth-order valence-electron chi connectivity index (χ4n) is 2.88. The van der Waals surface area contributed by atoms with Gasteiger partial charge in [-0.3, -0.25) is 4.79 Å². The van der Waals surface area contributed by atoms with Gasteiger partial charge < -0.3 is 10.6 Å². The van der Waals surface area contributed by atoms with E-state index in [1.807, 2.05) is 11.9 Å². The maximum atomic E-state index is 12.5. The van der Waals surface area contributed by atoms with Crippen LogP contribution in [0.15, 0.2) is 15.2 Å². The maximum Gasteiger partial charge on any atom is 0.226 e. The Morgan fingerprint density at radius 1 is 1.53 bits per heavy atom. The molecule has 1 saturated carbocycles. The molecular formula is C14H21BrN2OS. The lowest BCUT2D eigenvalue weighted by molar-refractivity contribution is -0.137. The van der Waals surface area contributed by atoms with Crippen molar-refractivity contribution in [1.29, 1.82) is 0 Å². The first-order valence-electron chi connectivity index (χ1n) is 6.79. The molecule has 0 spiro atoms. The highest BCUT2D eigenvalue weighted by molar-refractivity contribution is 9.11. The Kier molecular flexibility index (Phi) is 5.42. The lowest BCUT2D eigenvalue weighted by Crippen LogP contribution is -2.40. The zero-order valence-electron chi connectivity index (χ0n) is 11.3. The third kappa shape index (κ3) is 3.80. The summed E-state index contributed by atoms with van der Waals surface area (Å²) in [5, 5.41) is 2.09. The summed E-state index contributed by atoms with van der Waals surface area (Å²) in [5.74, 6) is 0.765. The van der Waals surface area contributed by atoms with Crippen LogP contribution in [0.5, 0.6) is 0 Å². The maximum absolute atomic E-state index is 12.5. The predicted octanol–water partition coefficient (Wildman–Crippen LogP) is 3.23. The smallest absolute Gasteiger partial charge is 0.226 e. The molecule has 1 heterocycles. The van der Waals surface area contributed by atoms with Crippen LogP contribution < -0.4 is 5.73 Å². The Morgan fingerprint density at radius 3 is 2.89 bits per heavy atom. The highest BCUT2D eigenvalue weighted by atomic mass is 79.9. The van der Waals surface area contributed by atoms with E-state index in [1.165, 1.54) is 12.0 Å². The van der Waals surface area contributed by atoms with Crippen LogP contribution >= 0.6 is 27.3 Å². The number of hydrogen-bond acceptors (Lipinski definition) is 3. The predicted molar refractivity (Wildman–Crippen MR) is 83.0 cm³/mol. The molecule has 1 amide bonds. The van der Waals surface area contributed by atoms with Crippen LogP contribution in [-0.4, -0.2) is 24.4 Å². The first kappa shape index (κ1) is 15.0. The number of carbonyl (C=O) groups excluding carboxylic acids is 1. The van der Waals surface area contributed by atoms with Crippen LogP contribution in [-0.2, 0) is 11.3 Å². The molecule has 0 radical (unpaired) electrons. The van der Waals surface area contributed by atoms with Gasteiger partial charge in [0.2, 0.25) is 5.91 Å². The fourth-order valence-corrected chi connectivity index (χ4v) is 4.08. The third-order valence-electron chi connectivity index (χ3n) is 3.95. The van der Waals surface area contributed by atoms with E-state index >= 15 is 0 Å². The lowest BCUT2D eigenvalue weighted by atomic mass is 9.78. The molecule has 0 bridgehead atoms. The summed E-state index contributed by atoms with van der Waals surface area (Å²) in [6.45, 7) is 1.32. The van der Waals surface area contributed by atoms with Crippen molar-refractivity contribution in [1.82, 2.24) is 4.90 Å². The van der Waals surface area contributed by atoms with Gasteiger partial charge in [0.1, 0.15) is 0 Å². The monoisotopic (exact) mass is 344 g/mol. The summed E-state index contributed by atoms with van der Waals surface area (Å²) in [6, 6.07) is 2.08. The van der Waals surface area contributed by atoms with Gasteiger partial charge in [-0.05, 0) is 58.2 Å². The van der Waals surface area contributed by atoms with Gasteiger partial charge in [0.05, 0.1) is 3.79 Å². The SMILES string of the molecule is CN(Cc1csc(Br)c1)C(=O)C1CCCCC1CN. The molecule has 3 nitrogen and oxygen atoms in total. The van der Waals surface area contributed by atoms with Crippen LogP contribution in [0.4, 0.5) is 0 Å². The highest BCUT2D eigenvalue weighted by Gasteiger charge is 2.31. The first-order valence-corrected chi connectivity index (χ1v) is 8.47. The lowest BCUT2D eigenvalue weighted by Gasteiger charge is -2.32. The average molecular weight is 345 g/mol. The van der Waals surface area contributed by atoms with Crippen molar-refractivity contribution in [3.63, 3.8) is 0 Å². The molecule has 0 aliphatic heterocycles. The van der Waals surface area contributed by atoms with Crippen molar-refractivity contribution in [3.05, 3.63) is 20.8 Å². The number of nitrogens with two attached hydrogens (primary N) is 1. The third-order valence-corrected chi connectivity index (χ3v) is 5.50. The Labute approximate surface area is 127 Å². The van der Waals surface area contributed by atoms with Crippen LogP contribution in [0.3, 0.4) is 0 Å². The molecule has 0 saturated heterocycles. The quantitative estimate of drug-likeness (QED) is 0.911. The Hall–Kier alpha value is -0.390. The Bertz CT molecular complexity index is 435. The molecule has 2 N–H and O–H groups in total. The normalized spacial score (nSPS) is 23.3. The van der Waals surface area contributed by atoms with Crippen LogP contribution in [0.2, 0.25) is 0 Å². The van der Waals surface area contributed by atoms with E-state index in [0.717, 1.165) is 23.0 Å². The van der Waals surface area contributed by atoms with E-state index in [4.69, 9.17) is 5.73 Å². The van der Waals surface area contributed by atoms with E-state index in [-0.39, 0.29) is 11.8 Å². The second-order valence-electron chi connectivity index (χ2n) is 5.34. The fraction of sp³-hybridized carbons (Fsp3) is 0.643. The first-order chi connectivity index (χ1) is 9.11. The van der Waals surface area contributed by atoms with Gasteiger partial charge in [0.15, 0.2) is 0 Å². The highest BCUT2D eigenvalue weighted by Crippen LogP contribution is 2.31. The molecule has 0 aromatic carbocycles. The Balaban J connectivity index is 1.97. The second-order valence-corrected chi connectivity index (χ2v) is 7.63. The van der Waals surface area contributed by atoms with Crippen LogP contribution in [0.1, 0.15) is 31.2 Å².